The third kappa shape index (κ3) is 3.44. The first kappa shape index (κ1) is 13.3. The summed E-state index contributed by atoms with van der Waals surface area (Å²) in [5.41, 5.74) is 0. The second kappa shape index (κ2) is 5.26. The Kier molecular flexibility index (Phi) is 4.13. The minimum absolute atomic E-state index is 0.172. The van der Waals surface area contributed by atoms with Gasteiger partial charge in [-0.15, -0.1) is 11.3 Å². The minimum Gasteiger partial charge on any atom is -0.295 e. The Hall–Kier alpha value is -0.100. The monoisotopic (exact) mass is 293 g/mol. The highest BCUT2D eigenvalue weighted by Crippen LogP contribution is 2.25. The summed E-state index contributed by atoms with van der Waals surface area (Å²) in [5.74, 6) is 0.638. The van der Waals surface area contributed by atoms with Gasteiger partial charge in [-0.1, -0.05) is 18.5 Å². The molecule has 1 fully saturated rings. The molecule has 1 atom stereocenters. The zero-order chi connectivity index (χ0) is 12.5. The SMILES string of the molecule is CCN(Cc1ccc(Cl)s1)[C@H]1CCS(=O)(=O)C1. The lowest BCUT2D eigenvalue weighted by molar-refractivity contribution is 0.217. The van der Waals surface area contributed by atoms with Crippen LogP contribution in [-0.4, -0.2) is 37.4 Å². The number of halogens is 1. The van der Waals surface area contributed by atoms with E-state index in [0.29, 0.717) is 11.5 Å². The molecule has 0 N–H and O–H groups in total. The molecule has 3 nitrogen and oxygen atoms in total. The standard InChI is InChI=1S/C11H16ClNO2S2/c1-2-13(7-10-3-4-11(12)16-10)9-5-6-17(14,15)8-9/h3-4,9H,2,5-8H2,1H3/t9-/m0/s1. The van der Waals surface area contributed by atoms with Crippen LogP contribution in [0.4, 0.5) is 0 Å². The van der Waals surface area contributed by atoms with Gasteiger partial charge in [0, 0.05) is 17.5 Å². The van der Waals surface area contributed by atoms with Crippen molar-refractivity contribution >= 4 is 32.8 Å². The largest absolute Gasteiger partial charge is 0.295 e. The van der Waals surface area contributed by atoms with E-state index < -0.39 is 9.84 Å². The van der Waals surface area contributed by atoms with Crippen LogP contribution in [-0.2, 0) is 16.4 Å². The molecule has 0 aromatic carbocycles. The Bertz CT molecular complexity index is 483. The summed E-state index contributed by atoms with van der Waals surface area (Å²) in [4.78, 5) is 3.42. The maximum absolute atomic E-state index is 11.5. The lowest BCUT2D eigenvalue weighted by Gasteiger charge is -2.25. The molecule has 96 valence electrons. The summed E-state index contributed by atoms with van der Waals surface area (Å²) in [6, 6.07) is 4.07. The van der Waals surface area contributed by atoms with E-state index in [2.05, 4.69) is 11.8 Å². The van der Waals surface area contributed by atoms with Crippen molar-refractivity contribution in [1.29, 1.82) is 0 Å². The van der Waals surface area contributed by atoms with Gasteiger partial charge in [0.25, 0.3) is 0 Å². The fourth-order valence-corrected chi connectivity index (χ4v) is 5.07. The van der Waals surface area contributed by atoms with Gasteiger partial charge in [0.1, 0.15) is 0 Å². The van der Waals surface area contributed by atoms with Crippen LogP contribution in [0.5, 0.6) is 0 Å². The molecule has 1 aromatic rings. The molecule has 1 aliphatic rings. The van der Waals surface area contributed by atoms with Gasteiger partial charge in [-0.25, -0.2) is 8.42 Å². The summed E-state index contributed by atoms with van der Waals surface area (Å²) >= 11 is 7.46. The first-order valence-corrected chi connectivity index (χ1v) is 8.70. The molecule has 0 bridgehead atoms. The molecule has 0 unspecified atom stereocenters. The average molecular weight is 294 g/mol. The summed E-state index contributed by atoms with van der Waals surface area (Å²) in [5, 5.41) is 0. The molecule has 0 spiro atoms. The molecule has 17 heavy (non-hydrogen) atoms. The molecular weight excluding hydrogens is 278 g/mol. The topological polar surface area (TPSA) is 37.4 Å². The van der Waals surface area contributed by atoms with Crippen molar-refractivity contribution in [3.05, 3.63) is 21.3 Å². The van der Waals surface area contributed by atoms with Crippen LogP contribution in [0.3, 0.4) is 0 Å². The zero-order valence-corrected chi connectivity index (χ0v) is 12.1. The highest BCUT2D eigenvalue weighted by molar-refractivity contribution is 7.91. The predicted molar refractivity (Wildman–Crippen MR) is 72.5 cm³/mol. The van der Waals surface area contributed by atoms with Gasteiger partial charge in [0.2, 0.25) is 0 Å². The third-order valence-corrected chi connectivity index (χ3v) is 6.09. The van der Waals surface area contributed by atoms with E-state index >= 15 is 0 Å². The molecule has 2 rings (SSSR count). The molecule has 2 heterocycles. The lowest BCUT2D eigenvalue weighted by Crippen LogP contribution is -2.35. The summed E-state index contributed by atoms with van der Waals surface area (Å²) in [6.07, 6.45) is 0.759. The smallest absolute Gasteiger partial charge is 0.151 e. The number of hydrogen-bond donors (Lipinski definition) is 0. The first-order chi connectivity index (χ1) is 8.00. The molecule has 1 saturated heterocycles. The normalized spacial score (nSPS) is 23.4. The van der Waals surface area contributed by atoms with Crippen LogP contribution in [0, 0.1) is 0 Å². The molecule has 1 aromatic heterocycles. The van der Waals surface area contributed by atoms with Gasteiger partial charge in [0.05, 0.1) is 15.8 Å². The number of hydrogen-bond acceptors (Lipinski definition) is 4. The van der Waals surface area contributed by atoms with Gasteiger partial charge in [-0.3, -0.25) is 4.90 Å². The van der Waals surface area contributed by atoms with Crippen LogP contribution in [0.2, 0.25) is 4.34 Å². The maximum atomic E-state index is 11.5. The van der Waals surface area contributed by atoms with Crippen molar-refractivity contribution in [1.82, 2.24) is 4.90 Å². The van der Waals surface area contributed by atoms with Crippen LogP contribution in [0.25, 0.3) is 0 Å². The molecular formula is C11H16ClNO2S2. The Balaban J connectivity index is 2.02. The van der Waals surface area contributed by atoms with Crippen molar-refractivity contribution in [3.8, 4) is 0 Å². The van der Waals surface area contributed by atoms with Crippen molar-refractivity contribution in [3.63, 3.8) is 0 Å². The second-order valence-corrected chi connectivity index (χ2v) is 8.35. The van der Waals surface area contributed by atoms with Gasteiger partial charge in [0.15, 0.2) is 9.84 Å². The van der Waals surface area contributed by atoms with E-state index in [1.54, 1.807) is 11.3 Å². The molecule has 0 amide bonds. The fourth-order valence-electron chi connectivity index (χ4n) is 2.20. The summed E-state index contributed by atoms with van der Waals surface area (Å²) in [7, 11) is -2.80. The van der Waals surface area contributed by atoms with Gasteiger partial charge < -0.3 is 0 Å². The van der Waals surface area contributed by atoms with E-state index in [-0.39, 0.29) is 6.04 Å². The van der Waals surface area contributed by atoms with Gasteiger partial charge >= 0.3 is 0 Å². The van der Waals surface area contributed by atoms with Crippen molar-refractivity contribution < 1.29 is 8.42 Å². The van der Waals surface area contributed by atoms with Crippen LogP contribution < -0.4 is 0 Å². The predicted octanol–water partition coefficient (Wildman–Crippen LogP) is 2.41. The molecule has 0 radical (unpaired) electrons. The number of sulfone groups is 1. The lowest BCUT2D eigenvalue weighted by atomic mass is 10.2. The first-order valence-electron chi connectivity index (χ1n) is 5.69. The Labute approximate surface area is 111 Å². The Morgan fingerprint density at radius 3 is 2.76 bits per heavy atom. The van der Waals surface area contributed by atoms with Crippen molar-refractivity contribution in [2.24, 2.45) is 0 Å². The second-order valence-electron chi connectivity index (χ2n) is 4.33. The fraction of sp³-hybridized carbons (Fsp3) is 0.636. The van der Waals surface area contributed by atoms with Crippen molar-refractivity contribution in [2.45, 2.75) is 25.9 Å². The van der Waals surface area contributed by atoms with Crippen LogP contribution in [0.1, 0.15) is 18.2 Å². The quantitative estimate of drug-likeness (QED) is 0.855. The molecule has 0 saturated carbocycles. The highest BCUT2D eigenvalue weighted by Gasteiger charge is 2.31. The van der Waals surface area contributed by atoms with E-state index in [1.807, 2.05) is 12.1 Å². The zero-order valence-electron chi connectivity index (χ0n) is 9.73. The molecule has 6 heteroatoms. The summed E-state index contributed by atoms with van der Waals surface area (Å²) in [6.45, 7) is 3.74. The van der Waals surface area contributed by atoms with E-state index in [4.69, 9.17) is 11.6 Å². The van der Waals surface area contributed by atoms with Gasteiger partial charge in [-0.2, -0.15) is 0 Å². The van der Waals surface area contributed by atoms with Crippen LogP contribution in [0.15, 0.2) is 12.1 Å². The Morgan fingerprint density at radius 1 is 1.53 bits per heavy atom. The van der Waals surface area contributed by atoms with E-state index in [1.165, 1.54) is 4.88 Å². The van der Waals surface area contributed by atoms with Crippen molar-refractivity contribution in [2.75, 3.05) is 18.1 Å². The van der Waals surface area contributed by atoms with Gasteiger partial charge in [-0.05, 0) is 25.1 Å². The number of nitrogens with zero attached hydrogens (tertiary/aromatic N) is 1. The average Bonchev–Trinajstić information content (AvgIpc) is 2.81. The third-order valence-electron chi connectivity index (χ3n) is 3.12. The number of thiophene rings is 1. The van der Waals surface area contributed by atoms with E-state index in [0.717, 1.165) is 23.8 Å². The Morgan fingerprint density at radius 2 is 2.29 bits per heavy atom. The molecule has 0 aliphatic carbocycles. The molecule has 1 aliphatic heterocycles. The van der Waals surface area contributed by atoms with Crippen LogP contribution >= 0.6 is 22.9 Å². The van der Waals surface area contributed by atoms with E-state index in [9.17, 15) is 8.42 Å². The maximum Gasteiger partial charge on any atom is 0.151 e. The summed E-state index contributed by atoms with van der Waals surface area (Å²) < 4.78 is 23.7. The number of rotatable bonds is 4. The minimum atomic E-state index is -2.80. The highest BCUT2D eigenvalue weighted by atomic mass is 35.5.